The predicted molar refractivity (Wildman–Crippen MR) is 109 cm³/mol. The summed E-state index contributed by atoms with van der Waals surface area (Å²) in [6, 6.07) is 10.4. The first-order valence-corrected chi connectivity index (χ1v) is 10.7. The van der Waals surface area contributed by atoms with Crippen LogP contribution in [-0.2, 0) is 14.3 Å². The molecule has 2 N–H and O–H groups in total. The molecular weight excluding hydrogens is 354 g/mol. The molecule has 6 heteroatoms. The molecule has 2 fully saturated rings. The maximum Gasteiger partial charge on any atom is 0.309 e. The number of amides is 2. The van der Waals surface area contributed by atoms with Crippen molar-refractivity contribution >= 4 is 11.8 Å². The fourth-order valence-electron chi connectivity index (χ4n) is 4.03. The molecule has 1 aliphatic carbocycles. The van der Waals surface area contributed by atoms with E-state index in [0.29, 0.717) is 6.54 Å². The first-order chi connectivity index (χ1) is 13.7. The van der Waals surface area contributed by atoms with Crippen molar-refractivity contribution in [3.63, 3.8) is 0 Å². The van der Waals surface area contributed by atoms with Gasteiger partial charge in [-0.25, -0.2) is 0 Å². The molecule has 0 unspecified atom stereocenters. The molecule has 28 heavy (non-hydrogen) atoms. The zero-order valence-corrected chi connectivity index (χ0v) is 16.7. The lowest BCUT2D eigenvalue weighted by Gasteiger charge is -2.33. The normalized spacial score (nSPS) is 21.6. The maximum atomic E-state index is 12.1. The molecule has 1 aliphatic heterocycles. The highest BCUT2D eigenvalue weighted by atomic mass is 16.5. The molecule has 0 aromatic heterocycles. The SMILES string of the molecule is O=C(NCCCN1CCO[C@H](c2ccccc2)C1)C(=O)NC1CCCCCC1. The molecule has 0 bridgehead atoms. The zero-order valence-electron chi connectivity index (χ0n) is 16.7. The molecule has 1 heterocycles. The molecule has 1 aromatic carbocycles. The Balaban J connectivity index is 1.32. The van der Waals surface area contributed by atoms with Crippen molar-refractivity contribution in [2.24, 2.45) is 0 Å². The minimum Gasteiger partial charge on any atom is -0.371 e. The summed E-state index contributed by atoms with van der Waals surface area (Å²) in [6.45, 7) is 3.89. The van der Waals surface area contributed by atoms with Crippen LogP contribution >= 0.6 is 0 Å². The van der Waals surface area contributed by atoms with Gasteiger partial charge in [0.15, 0.2) is 0 Å². The second-order valence-corrected chi connectivity index (χ2v) is 7.84. The summed E-state index contributed by atoms with van der Waals surface area (Å²) in [4.78, 5) is 26.5. The summed E-state index contributed by atoms with van der Waals surface area (Å²) in [6.07, 6.45) is 7.62. The second-order valence-electron chi connectivity index (χ2n) is 7.84. The van der Waals surface area contributed by atoms with Crippen LogP contribution in [0.1, 0.15) is 56.6 Å². The lowest BCUT2D eigenvalue weighted by Crippen LogP contribution is -2.45. The number of hydrogen-bond donors (Lipinski definition) is 2. The third-order valence-electron chi connectivity index (χ3n) is 5.66. The van der Waals surface area contributed by atoms with Crippen molar-refractivity contribution in [1.29, 1.82) is 0 Å². The van der Waals surface area contributed by atoms with E-state index >= 15 is 0 Å². The van der Waals surface area contributed by atoms with Crippen molar-refractivity contribution in [1.82, 2.24) is 15.5 Å². The Labute approximate surface area is 168 Å². The third kappa shape index (κ3) is 6.60. The van der Waals surface area contributed by atoms with Crippen molar-refractivity contribution in [3.05, 3.63) is 35.9 Å². The highest BCUT2D eigenvalue weighted by Gasteiger charge is 2.22. The van der Waals surface area contributed by atoms with Crippen LogP contribution in [0.25, 0.3) is 0 Å². The molecule has 3 rings (SSSR count). The van der Waals surface area contributed by atoms with E-state index in [-0.39, 0.29) is 12.1 Å². The first kappa shape index (κ1) is 20.8. The van der Waals surface area contributed by atoms with Crippen LogP contribution < -0.4 is 10.6 Å². The van der Waals surface area contributed by atoms with Gasteiger partial charge < -0.3 is 15.4 Å². The van der Waals surface area contributed by atoms with Crippen molar-refractivity contribution < 1.29 is 14.3 Å². The molecule has 0 radical (unpaired) electrons. The van der Waals surface area contributed by atoms with Gasteiger partial charge in [-0.3, -0.25) is 14.5 Å². The van der Waals surface area contributed by atoms with Gasteiger partial charge >= 0.3 is 11.8 Å². The summed E-state index contributed by atoms with van der Waals surface area (Å²) in [5.74, 6) is -0.990. The predicted octanol–water partition coefficient (Wildman–Crippen LogP) is 2.41. The molecule has 1 aromatic rings. The number of hydrogen-bond acceptors (Lipinski definition) is 4. The Morgan fingerprint density at radius 3 is 2.54 bits per heavy atom. The van der Waals surface area contributed by atoms with E-state index < -0.39 is 11.8 Å². The largest absolute Gasteiger partial charge is 0.371 e. The fourth-order valence-corrected chi connectivity index (χ4v) is 4.03. The quantitative estimate of drug-likeness (QED) is 0.447. The van der Waals surface area contributed by atoms with Crippen LogP contribution in [-0.4, -0.2) is 55.5 Å². The van der Waals surface area contributed by atoms with Gasteiger partial charge in [-0.1, -0.05) is 56.0 Å². The number of benzene rings is 1. The van der Waals surface area contributed by atoms with Crippen LogP contribution in [0.5, 0.6) is 0 Å². The fraction of sp³-hybridized carbons (Fsp3) is 0.636. The molecule has 2 amide bonds. The van der Waals surface area contributed by atoms with Gasteiger partial charge in [-0.2, -0.15) is 0 Å². The number of rotatable bonds is 6. The standard InChI is InChI=1S/C22H33N3O3/c26-21(22(27)24-19-11-6-1-2-7-12-19)23-13-8-14-25-15-16-28-20(17-25)18-9-4-3-5-10-18/h3-5,9-10,19-20H,1-2,6-8,11-17H2,(H,23,26)(H,24,27)/t20-/m0/s1. The smallest absolute Gasteiger partial charge is 0.309 e. The van der Waals surface area contributed by atoms with E-state index in [4.69, 9.17) is 4.74 Å². The Morgan fingerprint density at radius 1 is 1.04 bits per heavy atom. The minimum absolute atomic E-state index is 0.106. The van der Waals surface area contributed by atoms with Gasteiger partial charge in [0.1, 0.15) is 0 Å². The van der Waals surface area contributed by atoms with Gasteiger partial charge in [0.25, 0.3) is 0 Å². The molecule has 1 atom stereocenters. The van der Waals surface area contributed by atoms with Gasteiger partial charge in [-0.05, 0) is 24.8 Å². The molecular formula is C22H33N3O3. The third-order valence-corrected chi connectivity index (χ3v) is 5.66. The molecule has 1 saturated carbocycles. The number of ether oxygens (including phenoxy) is 1. The summed E-state index contributed by atoms with van der Waals surface area (Å²) >= 11 is 0. The van der Waals surface area contributed by atoms with Crippen LogP contribution in [0, 0.1) is 0 Å². The van der Waals surface area contributed by atoms with Crippen molar-refractivity contribution in [2.75, 3.05) is 32.8 Å². The Bertz CT molecular complexity index is 615. The molecule has 0 spiro atoms. The topological polar surface area (TPSA) is 70.7 Å². The van der Waals surface area contributed by atoms with E-state index in [0.717, 1.165) is 58.3 Å². The average Bonchev–Trinajstić information content (AvgIpc) is 3.00. The minimum atomic E-state index is -0.506. The van der Waals surface area contributed by atoms with Gasteiger partial charge in [0.05, 0.1) is 12.7 Å². The van der Waals surface area contributed by atoms with Gasteiger partial charge in [0, 0.05) is 32.2 Å². The van der Waals surface area contributed by atoms with E-state index in [9.17, 15) is 9.59 Å². The molecule has 2 aliphatic rings. The molecule has 6 nitrogen and oxygen atoms in total. The Hall–Kier alpha value is -1.92. The average molecular weight is 388 g/mol. The number of morpholine rings is 1. The van der Waals surface area contributed by atoms with Crippen LogP contribution in [0.3, 0.4) is 0 Å². The number of nitrogens with zero attached hydrogens (tertiary/aromatic N) is 1. The van der Waals surface area contributed by atoms with E-state index in [1.165, 1.54) is 18.4 Å². The van der Waals surface area contributed by atoms with E-state index in [1.807, 2.05) is 18.2 Å². The van der Waals surface area contributed by atoms with Crippen molar-refractivity contribution in [3.8, 4) is 0 Å². The maximum absolute atomic E-state index is 12.1. The van der Waals surface area contributed by atoms with Crippen molar-refractivity contribution in [2.45, 2.75) is 57.1 Å². The monoisotopic (exact) mass is 387 g/mol. The molecule has 154 valence electrons. The van der Waals surface area contributed by atoms with Crippen LogP contribution in [0.4, 0.5) is 0 Å². The number of carbonyl (C=O) groups is 2. The second kappa shape index (κ2) is 11.2. The van der Waals surface area contributed by atoms with Gasteiger partial charge in [-0.15, -0.1) is 0 Å². The number of nitrogens with one attached hydrogen (secondary N) is 2. The van der Waals surface area contributed by atoms with Crippen LogP contribution in [0.15, 0.2) is 30.3 Å². The summed E-state index contributed by atoms with van der Waals surface area (Å²) in [5.41, 5.74) is 1.20. The lowest BCUT2D eigenvalue weighted by molar-refractivity contribution is -0.139. The molecule has 1 saturated heterocycles. The summed E-state index contributed by atoms with van der Waals surface area (Å²) in [7, 11) is 0. The first-order valence-electron chi connectivity index (χ1n) is 10.7. The zero-order chi connectivity index (χ0) is 19.6. The Morgan fingerprint density at radius 2 is 1.79 bits per heavy atom. The Kier molecular flexibility index (Phi) is 8.30. The van der Waals surface area contributed by atoms with Gasteiger partial charge in [0.2, 0.25) is 0 Å². The number of carbonyl (C=O) groups excluding carboxylic acids is 2. The highest BCUT2D eigenvalue weighted by molar-refractivity contribution is 6.35. The summed E-state index contributed by atoms with van der Waals surface area (Å²) in [5, 5.41) is 5.66. The lowest BCUT2D eigenvalue weighted by atomic mass is 10.1. The van der Waals surface area contributed by atoms with Crippen LogP contribution in [0.2, 0.25) is 0 Å². The summed E-state index contributed by atoms with van der Waals surface area (Å²) < 4.78 is 5.89. The highest BCUT2D eigenvalue weighted by Crippen LogP contribution is 2.21. The van der Waals surface area contributed by atoms with E-state index in [2.05, 4.69) is 27.7 Å². The van der Waals surface area contributed by atoms with E-state index in [1.54, 1.807) is 0 Å².